The SMILES string of the molecule is CC(=O)/C(O)=C(\O)C(C)=O. The molecule has 4 nitrogen and oxygen atoms in total. The molecule has 0 amide bonds. The Labute approximate surface area is 57.8 Å². The van der Waals surface area contributed by atoms with Crippen LogP contribution in [-0.4, -0.2) is 21.8 Å². The number of ketones is 2. The van der Waals surface area contributed by atoms with Crippen molar-refractivity contribution in [2.75, 3.05) is 0 Å². The average molecular weight is 144 g/mol. The van der Waals surface area contributed by atoms with Crippen LogP contribution in [0.2, 0.25) is 0 Å². The largest absolute Gasteiger partial charge is 0.502 e. The molecule has 0 fully saturated rings. The van der Waals surface area contributed by atoms with Crippen molar-refractivity contribution in [3.63, 3.8) is 0 Å². The highest BCUT2D eigenvalue weighted by atomic mass is 16.3. The van der Waals surface area contributed by atoms with Crippen LogP contribution in [0, 0.1) is 0 Å². The maximum atomic E-state index is 10.3. The van der Waals surface area contributed by atoms with E-state index < -0.39 is 23.1 Å². The molecular weight excluding hydrogens is 136 g/mol. The standard InChI is InChI=1S/C6H8O4/c1-3(7)5(9)6(10)4(2)8/h9-10H,1-2H3/b6-5+. The molecular formula is C6H8O4. The van der Waals surface area contributed by atoms with E-state index in [1.807, 2.05) is 0 Å². The number of aliphatic hydroxyl groups excluding tert-OH is 2. The van der Waals surface area contributed by atoms with Gasteiger partial charge in [-0.3, -0.25) is 9.59 Å². The zero-order valence-corrected chi connectivity index (χ0v) is 5.71. The summed E-state index contributed by atoms with van der Waals surface area (Å²) in [6.07, 6.45) is 0. The van der Waals surface area contributed by atoms with Crippen LogP contribution < -0.4 is 0 Å². The minimum absolute atomic E-state index is 0.729. The van der Waals surface area contributed by atoms with Crippen molar-refractivity contribution in [3.05, 3.63) is 11.5 Å². The molecule has 0 rings (SSSR count). The summed E-state index contributed by atoms with van der Waals surface area (Å²) in [6.45, 7) is 2.10. The lowest BCUT2D eigenvalue weighted by Gasteiger charge is -1.95. The first-order chi connectivity index (χ1) is 4.46. The number of aliphatic hydroxyl groups is 2. The van der Waals surface area contributed by atoms with Crippen LogP contribution in [0.1, 0.15) is 13.8 Å². The van der Waals surface area contributed by atoms with Gasteiger partial charge < -0.3 is 10.2 Å². The quantitative estimate of drug-likeness (QED) is 0.437. The van der Waals surface area contributed by atoms with Crippen LogP contribution in [-0.2, 0) is 9.59 Å². The highest BCUT2D eigenvalue weighted by molar-refractivity contribution is 6.01. The van der Waals surface area contributed by atoms with Gasteiger partial charge in [-0.2, -0.15) is 0 Å². The van der Waals surface area contributed by atoms with E-state index in [4.69, 9.17) is 10.2 Å². The first-order valence-corrected chi connectivity index (χ1v) is 2.61. The summed E-state index contributed by atoms with van der Waals surface area (Å²) < 4.78 is 0. The van der Waals surface area contributed by atoms with E-state index in [-0.39, 0.29) is 0 Å². The molecule has 0 unspecified atom stereocenters. The van der Waals surface area contributed by atoms with Crippen LogP contribution in [0.3, 0.4) is 0 Å². The molecule has 0 spiro atoms. The third-order valence-corrected chi connectivity index (χ3v) is 0.891. The van der Waals surface area contributed by atoms with Gasteiger partial charge in [0.05, 0.1) is 0 Å². The van der Waals surface area contributed by atoms with Gasteiger partial charge in [0.15, 0.2) is 11.6 Å². The van der Waals surface area contributed by atoms with E-state index >= 15 is 0 Å². The summed E-state index contributed by atoms with van der Waals surface area (Å²) in [5.41, 5.74) is 0. The second kappa shape index (κ2) is 3.00. The van der Waals surface area contributed by atoms with Gasteiger partial charge in [0.2, 0.25) is 11.5 Å². The molecule has 2 N–H and O–H groups in total. The lowest BCUT2D eigenvalue weighted by molar-refractivity contribution is -0.119. The fraction of sp³-hybridized carbons (Fsp3) is 0.333. The highest BCUT2D eigenvalue weighted by Crippen LogP contribution is 1.98. The van der Waals surface area contributed by atoms with Crippen molar-refractivity contribution in [2.24, 2.45) is 0 Å². The smallest absolute Gasteiger partial charge is 0.205 e. The molecule has 0 aliphatic rings. The molecule has 0 aromatic rings. The highest BCUT2D eigenvalue weighted by Gasteiger charge is 2.11. The van der Waals surface area contributed by atoms with Crippen molar-refractivity contribution < 1.29 is 19.8 Å². The topological polar surface area (TPSA) is 74.6 Å². The maximum absolute atomic E-state index is 10.3. The van der Waals surface area contributed by atoms with Gasteiger partial charge in [-0.25, -0.2) is 0 Å². The number of hydrogen-bond donors (Lipinski definition) is 2. The van der Waals surface area contributed by atoms with Crippen molar-refractivity contribution in [1.82, 2.24) is 0 Å². The molecule has 4 heteroatoms. The van der Waals surface area contributed by atoms with Gasteiger partial charge in [-0.1, -0.05) is 0 Å². The Hall–Kier alpha value is -1.32. The summed E-state index contributed by atoms with van der Waals surface area (Å²) in [4.78, 5) is 20.5. The first-order valence-electron chi connectivity index (χ1n) is 2.61. The Morgan fingerprint density at radius 1 is 0.900 bits per heavy atom. The van der Waals surface area contributed by atoms with E-state index in [9.17, 15) is 9.59 Å². The minimum atomic E-state index is -0.882. The Morgan fingerprint density at radius 3 is 1.20 bits per heavy atom. The normalized spacial score (nSPS) is 12.2. The maximum Gasteiger partial charge on any atom is 0.205 e. The summed E-state index contributed by atoms with van der Waals surface area (Å²) in [6, 6.07) is 0. The zero-order valence-electron chi connectivity index (χ0n) is 5.71. The molecule has 0 saturated carbocycles. The third-order valence-electron chi connectivity index (χ3n) is 0.891. The second-order valence-electron chi connectivity index (χ2n) is 1.81. The molecule has 0 heterocycles. The molecule has 0 aliphatic heterocycles. The third kappa shape index (κ3) is 1.89. The molecule has 0 bridgehead atoms. The molecule has 0 saturated heterocycles. The molecule has 0 aromatic carbocycles. The molecule has 0 atom stereocenters. The summed E-state index contributed by atoms with van der Waals surface area (Å²) >= 11 is 0. The number of hydrogen-bond acceptors (Lipinski definition) is 4. The number of carbonyl (C=O) groups excluding carboxylic acids is 2. The number of allylic oxidation sites excluding steroid dienone is 2. The number of rotatable bonds is 2. The van der Waals surface area contributed by atoms with Crippen LogP contribution in [0.15, 0.2) is 11.5 Å². The molecule has 10 heavy (non-hydrogen) atoms. The van der Waals surface area contributed by atoms with Gasteiger partial charge in [0, 0.05) is 13.8 Å². The van der Waals surface area contributed by atoms with Crippen LogP contribution in [0.25, 0.3) is 0 Å². The predicted octanol–water partition coefficient (Wildman–Crippen LogP) is 0.492. The van der Waals surface area contributed by atoms with Gasteiger partial charge >= 0.3 is 0 Å². The number of carbonyl (C=O) groups is 2. The van der Waals surface area contributed by atoms with Gasteiger partial charge in [-0.15, -0.1) is 0 Å². The molecule has 0 aromatic heterocycles. The van der Waals surface area contributed by atoms with Crippen molar-refractivity contribution >= 4 is 11.6 Å². The second-order valence-corrected chi connectivity index (χ2v) is 1.81. The Balaban J connectivity index is 4.67. The van der Waals surface area contributed by atoms with Crippen LogP contribution >= 0.6 is 0 Å². The lowest BCUT2D eigenvalue weighted by Crippen LogP contribution is -2.06. The first kappa shape index (κ1) is 8.68. The minimum Gasteiger partial charge on any atom is -0.502 e. The van der Waals surface area contributed by atoms with Crippen molar-refractivity contribution in [3.8, 4) is 0 Å². The van der Waals surface area contributed by atoms with Crippen molar-refractivity contribution in [1.29, 1.82) is 0 Å². The summed E-state index contributed by atoms with van der Waals surface area (Å²) in [5, 5.41) is 17.2. The zero-order chi connectivity index (χ0) is 8.31. The Morgan fingerprint density at radius 2 is 1.10 bits per heavy atom. The van der Waals surface area contributed by atoms with E-state index in [2.05, 4.69) is 0 Å². The summed E-state index contributed by atoms with van der Waals surface area (Å²) in [7, 11) is 0. The van der Waals surface area contributed by atoms with Crippen LogP contribution in [0.4, 0.5) is 0 Å². The predicted molar refractivity (Wildman–Crippen MR) is 33.6 cm³/mol. The Kier molecular flexibility index (Phi) is 2.61. The molecule has 0 aliphatic carbocycles. The average Bonchev–Trinajstić information content (AvgIpc) is 1.84. The molecule has 0 radical (unpaired) electrons. The monoisotopic (exact) mass is 144 g/mol. The summed E-state index contributed by atoms with van der Waals surface area (Å²) in [5.74, 6) is -3.22. The Bertz CT molecular complexity index is 180. The van der Waals surface area contributed by atoms with Crippen molar-refractivity contribution in [2.45, 2.75) is 13.8 Å². The van der Waals surface area contributed by atoms with Crippen LogP contribution in [0.5, 0.6) is 0 Å². The molecule has 56 valence electrons. The fourth-order valence-corrected chi connectivity index (χ4v) is 0.333. The van der Waals surface area contributed by atoms with Gasteiger partial charge in [-0.05, 0) is 0 Å². The van der Waals surface area contributed by atoms with E-state index in [0.29, 0.717) is 0 Å². The lowest BCUT2D eigenvalue weighted by atomic mass is 10.2. The van der Waals surface area contributed by atoms with E-state index in [1.54, 1.807) is 0 Å². The van der Waals surface area contributed by atoms with Gasteiger partial charge in [0.1, 0.15) is 0 Å². The van der Waals surface area contributed by atoms with E-state index in [0.717, 1.165) is 13.8 Å². The number of Topliss-reactive ketones (excluding diaryl/α,β-unsaturated/α-hetero) is 2. The van der Waals surface area contributed by atoms with Gasteiger partial charge in [0.25, 0.3) is 0 Å². The van der Waals surface area contributed by atoms with E-state index in [1.165, 1.54) is 0 Å². The fourth-order valence-electron chi connectivity index (χ4n) is 0.333.